The van der Waals surface area contributed by atoms with Gasteiger partial charge in [-0.3, -0.25) is 4.79 Å². The number of hydrogen-bond donors (Lipinski definition) is 1. The number of nitrogens with zero attached hydrogens (tertiary/aromatic N) is 2. The maximum atomic E-state index is 13.0. The van der Waals surface area contributed by atoms with E-state index >= 15 is 0 Å². The minimum atomic E-state index is -1.12. The van der Waals surface area contributed by atoms with E-state index in [9.17, 15) is 14.7 Å². The number of ether oxygens (including phenoxy) is 1. The van der Waals surface area contributed by atoms with Gasteiger partial charge in [0.1, 0.15) is 21.8 Å². The third-order valence-electron chi connectivity index (χ3n) is 4.83. The molecule has 0 bridgehead atoms. The van der Waals surface area contributed by atoms with Crippen LogP contribution in [0.3, 0.4) is 0 Å². The zero-order valence-electron chi connectivity index (χ0n) is 16.0. The number of thiazole rings is 1. The van der Waals surface area contributed by atoms with Gasteiger partial charge in [-0.1, -0.05) is 22.9 Å². The molecule has 0 saturated carbocycles. The number of methoxy groups -OCH3 is 1. The fraction of sp³-hybridized carbons (Fsp3) is 0.0455. The number of aromatic nitrogens is 2. The fourth-order valence-electron chi connectivity index (χ4n) is 3.33. The molecule has 5 aromatic rings. The Bertz CT molecular complexity index is 1600. The number of halogens is 1. The van der Waals surface area contributed by atoms with Crippen molar-refractivity contribution >= 4 is 51.0 Å². The predicted molar refractivity (Wildman–Crippen MR) is 118 cm³/mol. The van der Waals surface area contributed by atoms with E-state index in [2.05, 4.69) is 4.98 Å². The molecule has 0 aliphatic rings. The largest absolute Gasteiger partial charge is 0.497 e. The number of hydrogen-bond acceptors (Lipinski definition) is 6. The van der Waals surface area contributed by atoms with Crippen molar-refractivity contribution in [3.8, 4) is 17.1 Å². The lowest BCUT2D eigenvalue weighted by Gasteiger charge is -2.01. The first kappa shape index (κ1) is 19.3. The van der Waals surface area contributed by atoms with E-state index in [1.807, 2.05) is 6.07 Å². The van der Waals surface area contributed by atoms with Gasteiger partial charge in [0.25, 0.3) is 5.56 Å². The monoisotopic (exact) mass is 452 g/mol. The smallest absolute Gasteiger partial charge is 0.337 e. The van der Waals surface area contributed by atoms with Crippen LogP contribution in [0.25, 0.3) is 33.4 Å². The van der Waals surface area contributed by atoms with Crippen molar-refractivity contribution < 1.29 is 19.1 Å². The number of fused-ring (bicyclic) bond motifs is 3. The standard InChI is InChI=1S/C22H13ClN2O5S/c1-29-12-3-6-16-17(9-12)25-20(26)19(31-22(25)24-16)10-13-4-7-18(30-13)11-2-5-15(23)14(8-11)21(27)28/h2-10H,1H3,(H,27,28)/b19-10+. The van der Waals surface area contributed by atoms with Gasteiger partial charge in [-0.05, 0) is 42.5 Å². The van der Waals surface area contributed by atoms with Crippen molar-refractivity contribution in [2.24, 2.45) is 0 Å². The van der Waals surface area contributed by atoms with Crippen molar-refractivity contribution in [1.29, 1.82) is 0 Å². The number of imidazole rings is 1. The van der Waals surface area contributed by atoms with Gasteiger partial charge in [0.15, 0.2) is 4.96 Å². The van der Waals surface area contributed by atoms with Crippen molar-refractivity contribution in [2.45, 2.75) is 0 Å². The van der Waals surface area contributed by atoms with E-state index in [0.29, 0.717) is 43.4 Å². The molecule has 154 valence electrons. The zero-order valence-corrected chi connectivity index (χ0v) is 17.5. The molecule has 9 heteroatoms. The average molecular weight is 453 g/mol. The highest BCUT2D eigenvalue weighted by atomic mass is 35.5. The Morgan fingerprint density at radius 3 is 2.84 bits per heavy atom. The lowest BCUT2D eigenvalue weighted by Crippen LogP contribution is -2.22. The summed E-state index contributed by atoms with van der Waals surface area (Å²) in [6, 6.07) is 13.5. The van der Waals surface area contributed by atoms with Crippen LogP contribution in [0.2, 0.25) is 5.02 Å². The molecule has 3 heterocycles. The normalized spacial score (nSPS) is 12.1. The summed E-state index contributed by atoms with van der Waals surface area (Å²) in [5.41, 5.74) is 1.76. The van der Waals surface area contributed by atoms with Gasteiger partial charge >= 0.3 is 5.97 Å². The van der Waals surface area contributed by atoms with E-state index in [1.165, 1.54) is 23.5 Å². The number of rotatable bonds is 4. The maximum Gasteiger partial charge on any atom is 0.337 e. The van der Waals surface area contributed by atoms with Gasteiger partial charge in [0, 0.05) is 17.7 Å². The number of carboxylic acid groups (broad SMARTS) is 1. The Morgan fingerprint density at radius 2 is 2.06 bits per heavy atom. The molecule has 0 spiro atoms. The maximum absolute atomic E-state index is 13.0. The second-order valence-electron chi connectivity index (χ2n) is 6.70. The molecule has 0 atom stereocenters. The quantitative estimate of drug-likeness (QED) is 0.441. The highest BCUT2D eigenvalue weighted by Gasteiger charge is 2.14. The molecule has 0 amide bonds. The summed E-state index contributed by atoms with van der Waals surface area (Å²) in [4.78, 5) is 29.4. The molecule has 31 heavy (non-hydrogen) atoms. The summed E-state index contributed by atoms with van der Waals surface area (Å²) in [5.74, 6) is 0.455. The van der Waals surface area contributed by atoms with E-state index in [-0.39, 0.29) is 16.1 Å². The first-order valence-corrected chi connectivity index (χ1v) is 10.3. The Labute approximate surface area is 183 Å². The predicted octanol–water partition coefficient (Wildman–Crippen LogP) is 4.08. The molecule has 0 aliphatic carbocycles. The third kappa shape index (κ3) is 3.26. The van der Waals surface area contributed by atoms with Crippen LogP contribution in [0, 0.1) is 0 Å². The van der Waals surface area contributed by atoms with E-state index in [4.69, 9.17) is 20.8 Å². The summed E-state index contributed by atoms with van der Waals surface area (Å²) in [5, 5.41) is 9.40. The van der Waals surface area contributed by atoms with Gasteiger partial charge in [-0.15, -0.1) is 0 Å². The van der Waals surface area contributed by atoms with Gasteiger partial charge in [0.05, 0.1) is 28.7 Å². The molecule has 5 rings (SSSR count). The molecule has 0 radical (unpaired) electrons. The second kappa shape index (κ2) is 7.26. The molecule has 3 aromatic heterocycles. The Hall–Kier alpha value is -3.62. The summed E-state index contributed by atoms with van der Waals surface area (Å²) >= 11 is 7.19. The van der Waals surface area contributed by atoms with Gasteiger partial charge < -0.3 is 14.3 Å². The SMILES string of the molecule is COc1ccc2nc3s/c(=C/c4ccc(-c5ccc(Cl)c(C(=O)O)c5)o4)c(=O)n3c2c1. The van der Waals surface area contributed by atoms with Crippen LogP contribution < -0.4 is 14.8 Å². The molecular formula is C22H13ClN2O5S. The van der Waals surface area contributed by atoms with Crippen LogP contribution in [0.5, 0.6) is 5.75 Å². The highest BCUT2D eigenvalue weighted by molar-refractivity contribution is 7.15. The van der Waals surface area contributed by atoms with Crippen LogP contribution >= 0.6 is 22.9 Å². The number of furan rings is 1. The van der Waals surface area contributed by atoms with Crippen molar-refractivity contribution in [3.63, 3.8) is 0 Å². The number of carboxylic acids is 1. The highest BCUT2D eigenvalue weighted by Crippen LogP contribution is 2.27. The molecule has 0 aliphatic heterocycles. The molecule has 2 aromatic carbocycles. The molecule has 0 fully saturated rings. The first-order valence-electron chi connectivity index (χ1n) is 9.08. The summed E-state index contributed by atoms with van der Waals surface area (Å²) in [6.45, 7) is 0. The Balaban J connectivity index is 1.58. The van der Waals surface area contributed by atoms with Crippen LogP contribution in [0.4, 0.5) is 0 Å². The minimum Gasteiger partial charge on any atom is -0.497 e. The summed E-state index contributed by atoms with van der Waals surface area (Å²) < 4.78 is 13.1. The Kier molecular flexibility index (Phi) is 4.53. The van der Waals surface area contributed by atoms with Crippen molar-refractivity contribution in [2.75, 3.05) is 7.11 Å². The lowest BCUT2D eigenvalue weighted by atomic mass is 10.1. The lowest BCUT2D eigenvalue weighted by molar-refractivity contribution is 0.0697. The van der Waals surface area contributed by atoms with Crippen LogP contribution in [-0.4, -0.2) is 27.6 Å². The zero-order chi connectivity index (χ0) is 21.7. The third-order valence-corrected chi connectivity index (χ3v) is 6.13. The topological polar surface area (TPSA) is 94.0 Å². The van der Waals surface area contributed by atoms with Crippen LogP contribution in [0.1, 0.15) is 16.1 Å². The van der Waals surface area contributed by atoms with E-state index in [0.717, 1.165) is 0 Å². The summed E-state index contributed by atoms with van der Waals surface area (Å²) in [7, 11) is 1.57. The molecule has 0 saturated heterocycles. The van der Waals surface area contributed by atoms with Crippen molar-refractivity contribution in [3.05, 3.63) is 79.8 Å². The Morgan fingerprint density at radius 1 is 1.23 bits per heavy atom. The van der Waals surface area contributed by atoms with Crippen molar-refractivity contribution in [1.82, 2.24) is 9.38 Å². The number of carbonyl (C=O) groups is 1. The fourth-order valence-corrected chi connectivity index (χ4v) is 4.49. The molecular weight excluding hydrogens is 440 g/mol. The minimum absolute atomic E-state index is 0.00951. The van der Waals surface area contributed by atoms with Crippen LogP contribution in [0.15, 0.2) is 57.7 Å². The van der Waals surface area contributed by atoms with Crippen LogP contribution in [-0.2, 0) is 0 Å². The number of benzene rings is 2. The first-order chi connectivity index (χ1) is 14.9. The molecule has 7 nitrogen and oxygen atoms in total. The van der Waals surface area contributed by atoms with Gasteiger partial charge in [-0.25, -0.2) is 14.2 Å². The average Bonchev–Trinajstić information content (AvgIpc) is 3.43. The van der Waals surface area contributed by atoms with Gasteiger partial charge in [-0.2, -0.15) is 0 Å². The number of aromatic carboxylic acids is 1. The van der Waals surface area contributed by atoms with E-state index < -0.39 is 5.97 Å². The van der Waals surface area contributed by atoms with E-state index in [1.54, 1.807) is 47.9 Å². The molecule has 1 N–H and O–H groups in total. The molecule has 0 unspecified atom stereocenters. The second-order valence-corrected chi connectivity index (χ2v) is 8.12. The van der Waals surface area contributed by atoms with Gasteiger partial charge in [0.2, 0.25) is 0 Å². The summed E-state index contributed by atoms with van der Waals surface area (Å²) in [6.07, 6.45) is 1.64.